The Morgan fingerprint density at radius 3 is 1.55 bits per heavy atom. The van der Waals surface area contributed by atoms with Gasteiger partial charge in [-0.25, -0.2) is 23.0 Å². The number of hydrogen-bond donors (Lipinski definition) is 3. The lowest BCUT2D eigenvalue weighted by atomic mass is 9.88. The van der Waals surface area contributed by atoms with Crippen LogP contribution in [-0.2, 0) is 68.9 Å². The molecule has 3 N–H and O–H groups in total. The number of nitrogens with one attached hydrogen (secondary N) is 3. The Hall–Kier alpha value is -9.47. The molecule has 8 atom stereocenters. The number of halogens is 3. The number of fused-ring (bicyclic) bond motifs is 5. The number of carbonyl (C=O) groups is 5. The third-order valence-corrected chi connectivity index (χ3v) is 24.3. The highest BCUT2D eigenvalue weighted by Gasteiger charge is 2.50. The van der Waals surface area contributed by atoms with Crippen molar-refractivity contribution in [3.05, 3.63) is 242 Å². The Labute approximate surface area is 650 Å². The first-order valence-corrected chi connectivity index (χ1v) is 41.1. The van der Waals surface area contributed by atoms with Gasteiger partial charge in [0.05, 0.1) is 57.2 Å². The van der Waals surface area contributed by atoms with Crippen LogP contribution in [-0.4, -0.2) is 116 Å². The molecule has 7 aliphatic carbocycles. The van der Waals surface area contributed by atoms with Crippen LogP contribution in [0.5, 0.6) is 0 Å². The van der Waals surface area contributed by atoms with Crippen molar-refractivity contribution in [2.75, 3.05) is 40.0 Å². The van der Waals surface area contributed by atoms with E-state index in [2.05, 4.69) is 61.8 Å². The molecule has 111 heavy (non-hydrogen) atoms. The maximum absolute atomic E-state index is 14.0. The molecule has 8 aromatic rings. The summed E-state index contributed by atoms with van der Waals surface area (Å²) in [4.78, 5) is 66.6. The van der Waals surface area contributed by atoms with Gasteiger partial charge in [-0.05, 0) is 186 Å². The molecule has 3 amide bonds. The van der Waals surface area contributed by atoms with Crippen molar-refractivity contribution in [3.8, 4) is 0 Å². The zero-order valence-corrected chi connectivity index (χ0v) is 64.3. The molecule has 0 spiro atoms. The average Bonchev–Trinajstić information content (AvgIpc) is 1.62. The molecule has 2 bridgehead atoms. The lowest BCUT2D eigenvalue weighted by Gasteiger charge is -2.27. The number of hydrazine groups is 1. The van der Waals surface area contributed by atoms with Gasteiger partial charge in [0.1, 0.15) is 23.5 Å². The van der Waals surface area contributed by atoms with Crippen LogP contribution in [0.3, 0.4) is 0 Å². The van der Waals surface area contributed by atoms with Crippen LogP contribution >= 0.6 is 0 Å². The van der Waals surface area contributed by atoms with Gasteiger partial charge in [0.15, 0.2) is 17.1 Å². The summed E-state index contributed by atoms with van der Waals surface area (Å²) in [5.74, 6) is -1.65. The van der Waals surface area contributed by atoms with Gasteiger partial charge in [-0.1, -0.05) is 167 Å². The Bertz CT molecular complexity index is 4490. The van der Waals surface area contributed by atoms with Crippen molar-refractivity contribution < 1.29 is 51.4 Å². The molecule has 4 fully saturated rings. The predicted molar refractivity (Wildman–Crippen MR) is 418 cm³/mol. The minimum Gasteiger partial charge on any atom is -0.467 e. The van der Waals surface area contributed by atoms with Crippen LogP contribution in [0.15, 0.2) is 146 Å². The molecule has 5 unspecified atom stereocenters. The minimum absolute atomic E-state index is 0.0925. The van der Waals surface area contributed by atoms with Crippen molar-refractivity contribution in [1.82, 2.24) is 50.4 Å². The van der Waals surface area contributed by atoms with E-state index in [1.54, 1.807) is 24.3 Å². The summed E-state index contributed by atoms with van der Waals surface area (Å²) in [7, 11) is 1.29. The zero-order valence-electron chi connectivity index (χ0n) is 64.3. The fourth-order valence-corrected chi connectivity index (χ4v) is 18.9. The first-order valence-electron chi connectivity index (χ1n) is 41.1. The van der Waals surface area contributed by atoms with Gasteiger partial charge < -0.3 is 24.8 Å². The molecule has 8 aliphatic rings. The number of methoxy groups -OCH3 is 1. The number of benzene rings is 5. The highest BCUT2D eigenvalue weighted by molar-refractivity contribution is 5.97. The lowest BCUT2D eigenvalue weighted by molar-refractivity contribution is -0.149. The van der Waals surface area contributed by atoms with Crippen LogP contribution in [0.4, 0.5) is 13.2 Å². The van der Waals surface area contributed by atoms with E-state index in [0.29, 0.717) is 80.1 Å². The number of aromatic nitrogens is 6. The molecule has 18 nitrogen and oxygen atoms in total. The van der Waals surface area contributed by atoms with E-state index < -0.39 is 17.9 Å². The normalized spacial score (nSPS) is 22.1. The summed E-state index contributed by atoms with van der Waals surface area (Å²) in [6, 6.07) is 39.5. The summed E-state index contributed by atoms with van der Waals surface area (Å²) in [5, 5.41) is 23.0. The van der Waals surface area contributed by atoms with E-state index >= 15 is 0 Å². The summed E-state index contributed by atoms with van der Waals surface area (Å²) in [6.45, 7) is 5.36. The van der Waals surface area contributed by atoms with Crippen molar-refractivity contribution in [1.29, 1.82) is 0 Å². The predicted octanol–water partition coefficient (Wildman–Crippen LogP) is 16.1. The smallest absolute Gasteiger partial charge is 0.328 e. The molecule has 4 heterocycles. The second-order valence-corrected chi connectivity index (χ2v) is 31.7. The number of ether oxygens (including phenoxy) is 3. The molecule has 1 saturated heterocycles. The van der Waals surface area contributed by atoms with Gasteiger partial charge in [-0.15, -0.1) is 0 Å². The number of hydrogen-bond acceptors (Lipinski definition) is 12. The molecule has 3 aromatic heterocycles. The lowest BCUT2D eigenvalue weighted by Crippen LogP contribution is -2.48. The number of morpholine rings is 1. The highest BCUT2D eigenvalue weighted by atomic mass is 19.1. The molecular formula is C90H107F3N10O8. The average molecular weight is 1510 g/mol. The Morgan fingerprint density at radius 2 is 1.01 bits per heavy atom. The first-order chi connectivity index (χ1) is 54.2. The Morgan fingerprint density at radius 1 is 0.523 bits per heavy atom. The summed E-state index contributed by atoms with van der Waals surface area (Å²) in [6.07, 6.45) is 30.6. The second kappa shape index (κ2) is 37.2. The molecule has 1 aliphatic heterocycles. The van der Waals surface area contributed by atoms with Crippen molar-refractivity contribution in [3.63, 3.8) is 0 Å². The monoisotopic (exact) mass is 1510 g/mol. The van der Waals surface area contributed by atoms with Gasteiger partial charge >= 0.3 is 11.9 Å². The summed E-state index contributed by atoms with van der Waals surface area (Å²) >= 11 is 0. The molecule has 0 radical (unpaired) electrons. The third kappa shape index (κ3) is 18.9. The van der Waals surface area contributed by atoms with Crippen LogP contribution in [0.2, 0.25) is 0 Å². The maximum atomic E-state index is 14.0. The fraction of sp³-hybridized carbons (Fsp3) is 0.489. The van der Waals surface area contributed by atoms with Crippen LogP contribution in [0, 0.1) is 35.2 Å². The standard InChI is InChI=1S/C32H40FN3O3.C32H32FN3O3.C26H35FN4O2/c1-2-39-32(38)27-21-14-15-22(19-21)28(27)34-31(37)29-26-11-7-6-8-23(18-20-12-16-24(33)17-13-20)30(26)36(35-29)25-9-4-3-5-10-25;1-39-32(38)28(20-22-16-18-25(33)19-17-22)34-31(37)29-27-15-9-8-14-26(24-12-6-3-7-13-24)30(27)36(35-29)21-23-10-4-2-5-11-23;27-21-12-10-19(11-13-21)18-20-6-4-5-9-23-24(26(32)29-30-14-16-33-17-15-30)28-31(25(20)23)22-7-2-1-3-8-22/h12-17,21-23,25,27-28H,2-11,18-19H2,1H3,(H,34,37);2-7,10-13,16-19,26,28H,8-9,14-15,20-21H2,1H3,(H,34,37);10-13,20,22H,1-9,14-18H2,(H,29,32)/t21?,22?,23?,27-,28+;26?,28-;/m01./s1. The van der Waals surface area contributed by atoms with Crippen molar-refractivity contribution in [2.45, 2.75) is 222 Å². The molecule has 16 rings (SSSR count). The minimum atomic E-state index is -0.932. The van der Waals surface area contributed by atoms with Gasteiger partial charge in [0, 0.05) is 71.4 Å². The number of rotatable bonds is 20. The van der Waals surface area contributed by atoms with E-state index in [1.807, 2.05) is 77.3 Å². The SMILES string of the molecule is CCOC(=O)[C@H]1C2C=CC(C2)[C@H]1NC(=O)c1nn(C2CCCCC2)c2c1CCCCC2Cc1ccc(F)cc1.COC(=O)[C@@H](Cc1ccc(F)cc1)NC(=O)c1nn(Cc2ccccc2)c2c1CCCCC2c1ccccc1.O=C(NN1CCOCC1)c1nn(C2CCCCC2)c2c1CCCCC2Cc1ccc(F)cc1. The largest absolute Gasteiger partial charge is 0.467 e. The van der Waals surface area contributed by atoms with Crippen LogP contribution < -0.4 is 16.1 Å². The third-order valence-electron chi connectivity index (χ3n) is 24.3. The van der Waals surface area contributed by atoms with Crippen molar-refractivity contribution >= 4 is 29.7 Å². The number of amides is 3. The number of carbonyl (C=O) groups excluding carboxylic acids is 5. The molecule has 3 saturated carbocycles. The van der Waals surface area contributed by atoms with E-state index in [1.165, 1.54) is 86.9 Å². The quantitative estimate of drug-likeness (QED) is 0.0370. The van der Waals surface area contributed by atoms with E-state index in [-0.39, 0.29) is 77.3 Å². The zero-order chi connectivity index (χ0) is 76.7. The molecular weight excluding hydrogens is 1410 g/mol. The van der Waals surface area contributed by atoms with Gasteiger partial charge in [0.2, 0.25) is 0 Å². The van der Waals surface area contributed by atoms with E-state index in [9.17, 15) is 37.1 Å². The summed E-state index contributed by atoms with van der Waals surface area (Å²) < 4.78 is 62.7. The van der Waals surface area contributed by atoms with Crippen LogP contribution in [0.25, 0.3) is 0 Å². The Balaban J connectivity index is 0.000000139. The molecule has 586 valence electrons. The maximum Gasteiger partial charge on any atom is 0.328 e. The topological polar surface area (TPSA) is 206 Å². The van der Waals surface area contributed by atoms with Gasteiger partial charge in [-0.2, -0.15) is 15.3 Å². The van der Waals surface area contributed by atoms with Gasteiger partial charge in [-0.3, -0.25) is 38.6 Å². The summed E-state index contributed by atoms with van der Waals surface area (Å²) in [5.41, 5.74) is 16.5. The molecule has 21 heteroatoms. The molecule has 5 aromatic carbocycles. The fourth-order valence-electron chi connectivity index (χ4n) is 18.9. The Kier molecular flexibility index (Phi) is 26.2. The van der Waals surface area contributed by atoms with Crippen LogP contribution in [0.1, 0.15) is 258 Å². The van der Waals surface area contributed by atoms with E-state index in [4.69, 9.17) is 29.5 Å². The number of esters is 2. The number of nitrogens with zero attached hydrogens (tertiary/aromatic N) is 7. The van der Waals surface area contributed by atoms with Crippen molar-refractivity contribution in [2.24, 2.45) is 17.8 Å². The first kappa shape index (κ1) is 78.2. The van der Waals surface area contributed by atoms with E-state index in [0.717, 1.165) is 161 Å². The second-order valence-electron chi connectivity index (χ2n) is 31.7. The number of allylic oxidation sites excluding steroid dienone is 1. The van der Waals surface area contributed by atoms with Gasteiger partial charge in [0.25, 0.3) is 17.7 Å². The highest BCUT2D eigenvalue weighted by Crippen LogP contribution is 2.46.